The van der Waals surface area contributed by atoms with Crippen molar-refractivity contribution >= 4 is 40.8 Å². The van der Waals surface area contributed by atoms with Gasteiger partial charge in [-0.2, -0.15) is 5.01 Å². The number of amides is 4. The molecule has 1 saturated carbocycles. The highest BCUT2D eigenvalue weighted by Crippen LogP contribution is 2.49. The summed E-state index contributed by atoms with van der Waals surface area (Å²) >= 11 is 0. The standard InChI is InChI=1S/C24H28N4O8/c1-33-21(29)25-26(22(30)34-2)17-10-7-11-18-19(17)16-13-12-14-8-5-6-9-15(14)20(16)28(24(32)36-4)27(18)23(31)35-3/h5-6,8-9,12-13,17-19H,7,10-11H2,1-4H3,(H,25,29). The number of anilines is 1. The number of rotatable bonds is 1. The molecule has 3 unspecified atom stereocenters. The number of hydrogen-bond acceptors (Lipinski definition) is 8. The molecular weight excluding hydrogens is 472 g/mol. The summed E-state index contributed by atoms with van der Waals surface area (Å²) in [6, 6.07) is 9.95. The highest BCUT2D eigenvalue weighted by molar-refractivity contribution is 6.05. The second-order valence-electron chi connectivity index (χ2n) is 8.36. The van der Waals surface area contributed by atoms with Crippen molar-refractivity contribution in [3.05, 3.63) is 42.0 Å². The first kappa shape index (κ1) is 24.9. The van der Waals surface area contributed by atoms with E-state index in [-0.39, 0.29) is 0 Å². The number of carbonyl (C=O) groups is 4. The number of hydrogen-bond donors (Lipinski definition) is 1. The van der Waals surface area contributed by atoms with Gasteiger partial charge in [-0.25, -0.2) is 34.6 Å². The molecule has 1 aliphatic heterocycles. The Balaban J connectivity index is 1.98. The number of nitrogens with one attached hydrogen (secondary N) is 1. The molecule has 2 aromatic rings. The summed E-state index contributed by atoms with van der Waals surface area (Å²) in [6.07, 6.45) is -1.61. The molecule has 1 aliphatic carbocycles. The molecule has 4 amide bonds. The van der Waals surface area contributed by atoms with E-state index >= 15 is 0 Å². The predicted octanol–water partition coefficient (Wildman–Crippen LogP) is 3.75. The Hall–Kier alpha value is -4.22. The summed E-state index contributed by atoms with van der Waals surface area (Å²) in [5.41, 5.74) is 3.58. The molecule has 0 aromatic heterocycles. The molecule has 0 saturated heterocycles. The average Bonchev–Trinajstić information content (AvgIpc) is 2.92. The van der Waals surface area contributed by atoms with E-state index in [1.54, 1.807) is 0 Å². The van der Waals surface area contributed by atoms with Crippen LogP contribution in [0.25, 0.3) is 10.8 Å². The first-order valence-corrected chi connectivity index (χ1v) is 11.4. The van der Waals surface area contributed by atoms with Crippen molar-refractivity contribution in [1.82, 2.24) is 15.4 Å². The van der Waals surface area contributed by atoms with Crippen molar-refractivity contribution in [3.8, 4) is 0 Å². The Morgan fingerprint density at radius 2 is 1.61 bits per heavy atom. The maximum atomic E-state index is 13.1. The van der Waals surface area contributed by atoms with E-state index in [1.165, 1.54) is 38.5 Å². The molecular formula is C24H28N4O8. The van der Waals surface area contributed by atoms with E-state index in [0.29, 0.717) is 35.9 Å². The summed E-state index contributed by atoms with van der Waals surface area (Å²) in [6.45, 7) is 0. The molecule has 12 heteroatoms. The van der Waals surface area contributed by atoms with Crippen LogP contribution >= 0.6 is 0 Å². The Bertz CT molecular complexity index is 1190. The number of fused-ring (bicyclic) bond motifs is 5. The number of methoxy groups -OCH3 is 4. The van der Waals surface area contributed by atoms with Crippen LogP contribution < -0.4 is 10.4 Å². The van der Waals surface area contributed by atoms with Gasteiger partial charge < -0.3 is 18.9 Å². The van der Waals surface area contributed by atoms with E-state index < -0.39 is 42.4 Å². The second kappa shape index (κ2) is 10.2. The van der Waals surface area contributed by atoms with Gasteiger partial charge in [0.15, 0.2) is 0 Å². The third-order valence-electron chi connectivity index (χ3n) is 6.67. The first-order valence-electron chi connectivity index (χ1n) is 11.4. The van der Waals surface area contributed by atoms with Crippen LogP contribution in [0.5, 0.6) is 0 Å². The molecule has 1 heterocycles. The largest absolute Gasteiger partial charge is 0.452 e. The van der Waals surface area contributed by atoms with Crippen molar-refractivity contribution in [1.29, 1.82) is 0 Å². The summed E-state index contributed by atoms with van der Waals surface area (Å²) in [4.78, 5) is 51.2. The minimum absolute atomic E-state index is 0.432. The summed E-state index contributed by atoms with van der Waals surface area (Å²) < 4.78 is 19.8. The number of benzene rings is 2. The lowest BCUT2D eigenvalue weighted by Crippen LogP contribution is -2.65. The van der Waals surface area contributed by atoms with Gasteiger partial charge in [0, 0.05) is 11.3 Å². The molecule has 0 bridgehead atoms. The third-order valence-corrected chi connectivity index (χ3v) is 6.67. The maximum absolute atomic E-state index is 13.1. The fourth-order valence-corrected chi connectivity index (χ4v) is 5.25. The number of hydrazine groups is 2. The van der Waals surface area contributed by atoms with Crippen LogP contribution in [0.3, 0.4) is 0 Å². The molecule has 36 heavy (non-hydrogen) atoms. The van der Waals surface area contributed by atoms with Crippen LogP contribution in [0, 0.1) is 0 Å². The van der Waals surface area contributed by atoms with Crippen molar-refractivity contribution in [2.45, 2.75) is 37.3 Å². The van der Waals surface area contributed by atoms with Gasteiger partial charge in [-0.1, -0.05) is 36.4 Å². The second-order valence-corrected chi connectivity index (χ2v) is 8.36. The molecule has 2 aromatic carbocycles. The first-order chi connectivity index (χ1) is 17.4. The highest BCUT2D eigenvalue weighted by Gasteiger charge is 2.52. The molecule has 4 rings (SSSR count). The average molecular weight is 501 g/mol. The zero-order valence-electron chi connectivity index (χ0n) is 20.4. The Morgan fingerprint density at radius 1 is 0.889 bits per heavy atom. The Kier molecular flexibility index (Phi) is 7.04. The minimum Gasteiger partial charge on any atom is -0.452 e. The lowest BCUT2D eigenvalue weighted by Gasteiger charge is -2.52. The summed E-state index contributed by atoms with van der Waals surface area (Å²) in [5, 5.41) is 5.06. The van der Waals surface area contributed by atoms with E-state index in [4.69, 9.17) is 18.9 Å². The van der Waals surface area contributed by atoms with Crippen LogP contribution in [0.1, 0.15) is 30.7 Å². The van der Waals surface area contributed by atoms with Gasteiger partial charge in [0.2, 0.25) is 0 Å². The maximum Gasteiger partial charge on any atom is 0.433 e. The van der Waals surface area contributed by atoms with Crippen LogP contribution in [0.2, 0.25) is 0 Å². The number of ether oxygens (including phenoxy) is 4. The fourth-order valence-electron chi connectivity index (χ4n) is 5.25. The monoisotopic (exact) mass is 500 g/mol. The van der Waals surface area contributed by atoms with Crippen LogP contribution in [0.15, 0.2) is 36.4 Å². The zero-order chi connectivity index (χ0) is 26.0. The van der Waals surface area contributed by atoms with E-state index in [1.807, 2.05) is 36.4 Å². The lowest BCUT2D eigenvalue weighted by molar-refractivity contribution is 0.0171. The summed E-state index contributed by atoms with van der Waals surface area (Å²) in [5.74, 6) is -0.519. The van der Waals surface area contributed by atoms with Gasteiger partial charge in [-0.3, -0.25) is 0 Å². The van der Waals surface area contributed by atoms with Crippen LogP contribution in [-0.2, 0) is 18.9 Å². The van der Waals surface area contributed by atoms with Gasteiger partial charge >= 0.3 is 24.4 Å². The molecule has 192 valence electrons. The van der Waals surface area contributed by atoms with Crippen LogP contribution in [0.4, 0.5) is 24.9 Å². The summed E-state index contributed by atoms with van der Waals surface area (Å²) in [7, 11) is 4.85. The molecule has 1 N–H and O–H groups in total. The van der Waals surface area contributed by atoms with Gasteiger partial charge in [0.05, 0.1) is 46.2 Å². The Labute approximate surface area is 207 Å². The van der Waals surface area contributed by atoms with Crippen molar-refractivity contribution in [2.24, 2.45) is 0 Å². The van der Waals surface area contributed by atoms with Gasteiger partial charge in [0.25, 0.3) is 0 Å². The van der Waals surface area contributed by atoms with Crippen molar-refractivity contribution < 1.29 is 38.1 Å². The Morgan fingerprint density at radius 3 is 2.28 bits per heavy atom. The van der Waals surface area contributed by atoms with Gasteiger partial charge in [-0.15, -0.1) is 0 Å². The quantitative estimate of drug-likeness (QED) is 0.463. The van der Waals surface area contributed by atoms with Crippen molar-refractivity contribution in [3.63, 3.8) is 0 Å². The van der Waals surface area contributed by atoms with E-state index in [9.17, 15) is 19.2 Å². The number of nitrogens with zero attached hydrogens (tertiary/aromatic N) is 3. The molecule has 0 radical (unpaired) electrons. The van der Waals surface area contributed by atoms with Crippen LogP contribution in [-0.4, -0.2) is 74.9 Å². The molecule has 0 spiro atoms. The minimum atomic E-state index is -0.849. The smallest absolute Gasteiger partial charge is 0.433 e. The van der Waals surface area contributed by atoms with Crippen molar-refractivity contribution in [2.75, 3.05) is 33.4 Å². The van der Waals surface area contributed by atoms with E-state index in [2.05, 4.69) is 5.43 Å². The normalized spacial score (nSPS) is 20.5. The van der Waals surface area contributed by atoms with Gasteiger partial charge in [0.1, 0.15) is 0 Å². The lowest BCUT2D eigenvalue weighted by atomic mass is 9.73. The van der Waals surface area contributed by atoms with Gasteiger partial charge in [-0.05, 0) is 30.2 Å². The van der Waals surface area contributed by atoms with E-state index in [0.717, 1.165) is 10.4 Å². The topological polar surface area (TPSA) is 127 Å². The number of carbonyl (C=O) groups excluding carboxylic acids is 4. The fraction of sp³-hybridized carbons (Fsp3) is 0.417. The zero-order valence-corrected chi connectivity index (χ0v) is 20.4. The molecule has 1 fully saturated rings. The molecule has 2 aliphatic rings. The highest BCUT2D eigenvalue weighted by atomic mass is 16.6. The predicted molar refractivity (Wildman–Crippen MR) is 127 cm³/mol. The third kappa shape index (κ3) is 4.08. The SMILES string of the molecule is COC(=O)NN(C(=O)OC)C1CCCC2C1c1ccc3ccccc3c1N(C(=O)OC)N2C(=O)OC. The molecule has 3 atom stereocenters. The molecule has 12 nitrogen and oxygen atoms in total.